The summed E-state index contributed by atoms with van der Waals surface area (Å²) in [6.07, 6.45) is -3.90. The van der Waals surface area contributed by atoms with Crippen LogP contribution in [0.25, 0.3) is 0 Å². The molecule has 0 rings (SSSR count). The zero-order valence-corrected chi connectivity index (χ0v) is 10.7. The van der Waals surface area contributed by atoms with Crippen LogP contribution in [0, 0.1) is 0 Å². The van der Waals surface area contributed by atoms with Crippen LogP contribution in [0.1, 0.15) is 26.2 Å². The van der Waals surface area contributed by atoms with Crippen molar-refractivity contribution in [1.82, 2.24) is 5.32 Å². The summed E-state index contributed by atoms with van der Waals surface area (Å²) in [4.78, 5) is 22.1. The highest BCUT2D eigenvalue weighted by atomic mass is 19.4. The molecule has 1 amide bonds. The summed E-state index contributed by atoms with van der Waals surface area (Å²) in [6, 6.07) is 0. The Balaban J connectivity index is 3.43. The van der Waals surface area contributed by atoms with E-state index in [1.54, 1.807) is 6.92 Å². The number of alkyl halides is 3. The summed E-state index contributed by atoms with van der Waals surface area (Å²) in [7, 11) is 0. The first-order valence-corrected chi connectivity index (χ1v) is 5.92. The van der Waals surface area contributed by atoms with Crippen LogP contribution in [0.15, 0.2) is 0 Å². The van der Waals surface area contributed by atoms with Crippen LogP contribution in [0.5, 0.6) is 0 Å². The number of hydrogen-bond donors (Lipinski definition) is 1. The van der Waals surface area contributed by atoms with E-state index < -0.39 is 18.7 Å². The molecule has 1 N–H and O–H groups in total. The van der Waals surface area contributed by atoms with E-state index >= 15 is 0 Å². The van der Waals surface area contributed by atoms with Gasteiger partial charge in [-0.15, -0.1) is 0 Å². The first-order valence-electron chi connectivity index (χ1n) is 5.92. The summed E-state index contributed by atoms with van der Waals surface area (Å²) in [6.45, 7) is 0.631. The van der Waals surface area contributed by atoms with Gasteiger partial charge in [0.25, 0.3) is 0 Å². The number of carbonyl (C=O) groups excluding carboxylic acids is 2. The third-order valence-electron chi connectivity index (χ3n) is 1.92. The van der Waals surface area contributed by atoms with Crippen molar-refractivity contribution in [1.29, 1.82) is 0 Å². The molecule has 0 fully saturated rings. The second kappa shape index (κ2) is 9.60. The molecule has 0 radical (unpaired) electrons. The van der Waals surface area contributed by atoms with Gasteiger partial charge in [0, 0.05) is 19.4 Å². The molecule has 0 aromatic rings. The Labute approximate surface area is 109 Å². The highest BCUT2D eigenvalue weighted by molar-refractivity contribution is 5.76. The van der Waals surface area contributed by atoms with Gasteiger partial charge in [-0.2, -0.15) is 13.2 Å². The third kappa shape index (κ3) is 12.9. The predicted octanol–water partition coefficient (Wildman–Crippen LogP) is 1.41. The molecule has 0 spiro atoms. The Morgan fingerprint density at radius 1 is 1.21 bits per heavy atom. The van der Waals surface area contributed by atoms with Crippen molar-refractivity contribution in [2.75, 3.05) is 26.4 Å². The van der Waals surface area contributed by atoms with E-state index in [1.165, 1.54) is 0 Å². The van der Waals surface area contributed by atoms with Gasteiger partial charge in [-0.05, 0) is 13.3 Å². The SMILES string of the molecule is CCOC(=O)CCCNC(=O)CCOCC(F)(F)F. The number of nitrogens with one attached hydrogen (secondary N) is 1. The average molecular weight is 285 g/mol. The van der Waals surface area contributed by atoms with E-state index in [2.05, 4.69) is 14.8 Å². The van der Waals surface area contributed by atoms with Crippen LogP contribution >= 0.6 is 0 Å². The smallest absolute Gasteiger partial charge is 0.411 e. The van der Waals surface area contributed by atoms with E-state index in [4.69, 9.17) is 0 Å². The maximum Gasteiger partial charge on any atom is 0.411 e. The van der Waals surface area contributed by atoms with Crippen LogP contribution in [0.3, 0.4) is 0 Å². The molecule has 112 valence electrons. The minimum atomic E-state index is -4.38. The molecule has 0 aromatic carbocycles. The van der Waals surface area contributed by atoms with Crippen molar-refractivity contribution in [3.8, 4) is 0 Å². The number of carbonyl (C=O) groups is 2. The van der Waals surface area contributed by atoms with Gasteiger partial charge in [0.05, 0.1) is 13.2 Å². The Morgan fingerprint density at radius 2 is 1.89 bits per heavy atom. The first-order chi connectivity index (χ1) is 8.85. The van der Waals surface area contributed by atoms with Crippen LogP contribution < -0.4 is 5.32 Å². The zero-order chi connectivity index (χ0) is 14.7. The van der Waals surface area contributed by atoms with E-state index in [9.17, 15) is 22.8 Å². The average Bonchev–Trinajstić information content (AvgIpc) is 2.29. The van der Waals surface area contributed by atoms with Gasteiger partial charge in [-0.1, -0.05) is 0 Å². The second-order valence-corrected chi connectivity index (χ2v) is 3.68. The van der Waals surface area contributed by atoms with Gasteiger partial charge < -0.3 is 14.8 Å². The maximum atomic E-state index is 11.7. The standard InChI is InChI=1S/C11H18F3NO4/c1-2-19-10(17)4-3-6-15-9(16)5-7-18-8-11(12,13)14/h2-8H2,1H3,(H,15,16). The highest BCUT2D eigenvalue weighted by Gasteiger charge is 2.27. The molecule has 8 heteroatoms. The fourth-order valence-electron chi connectivity index (χ4n) is 1.13. The summed E-state index contributed by atoms with van der Waals surface area (Å²) < 4.78 is 44.1. The van der Waals surface area contributed by atoms with Crippen molar-refractivity contribution in [3.05, 3.63) is 0 Å². The van der Waals surface area contributed by atoms with Gasteiger partial charge in [0.1, 0.15) is 6.61 Å². The quantitative estimate of drug-likeness (QED) is 0.514. The van der Waals surface area contributed by atoms with Gasteiger partial charge >= 0.3 is 12.1 Å². The molecule has 0 aromatic heterocycles. The minimum Gasteiger partial charge on any atom is -0.466 e. The number of amides is 1. The molecule has 5 nitrogen and oxygen atoms in total. The monoisotopic (exact) mass is 285 g/mol. The Kier molecular flexibility index (Phi) is 8.94. The molecule has 0 unspecified atom stereocenters. The molecule has 0 aliphatic heterocycles. The largest absolute Gasteiger partial charge is 0.466 e. The van der Waals surface area contributed by atoms with Gasteiger partial charge in [0.2, 0.25) is 5.91 Å². The van der Waals surface area contributed by atoms with Crippen LogP contribution in [0.2, 0.25) is 0 Å². The van der Waals surface area contributed by atoms with Gasteiger partial charge in [-0.3, -0.25) is 9.59 Å². The Morgan fingerprint density at radius 3 is 2.47 bits per heavy atom. The lowest BCUT2D eigenvalue weighted by Gasteiger charge is -2.08. The number of rotatable bonds is 9. The topological polar surface area (TPSA) is 64.6 Å². The third-order valence-corrected chi connectivity index (χ3v) is 1.92. The van der Waals surface area contributed by atoms with Gasteiger partial charge in [-0.25, -0.2) is 0 Å². The number of esters is 1. The summed E-state index contributed by atoms with van der Waals surface area (Å²) >= 11 is 0. The van der Waals surface area contributed by atoms with E-state index in [1.807, 2.05) is 0 Å². The molecular formula is C11H18F3NO4. The lowest BCUT2D eigenvalue weighted by atomic mass is 10.3. The van der Waals surface area contributed by atoms with Crippen LogP contribution in [-0.4, -0.2) is 44.4 Å². The molecule has 0 aliphatic rings. The number of ether oxygens (including phenoxy) is 2. The minimum absolute atomic E-state index is 0.143. The molecule has 0 saturated carbocycles. The summed E-state index contributed by atoms with van der Waals surface area (Å²) in [5, 5.41) is 2.47. The second-order valence-electron chi connectivity index (χ2n) is 3.68. The van der Waals surface area contributed by atoms with E-state index in [-0.39, 0.29) is 32.0 Å². The summed E-state index contributed by atoms with van der Waals surface area (Å²) in [5.41, 5.74) is 0. The normalized spacial score (nSPS) is 11.2. The summed E-state index contributed by atoms with van der Waals surface area (Å²) in [5.74, 6) is -0.753. The molecule has 0 saturated heterocycles. The highest BCUT2D eigenvalue weighted by Crippen LogP contribution is 2.14. The molecule has 0 heterocycles. The number of halogens is 3. The van der Waals surface area contributed by atoms with Crippen molar-refractivity contribution in [2.45, 2.75) is 32.4 Å². The van der Waals surface area contributed by atoms with Crippen molar-refractivity contribution in [2.24, 2.45) is 0 Å². The molecule has 0 atom stereocenters. The van der Waals surface area contributed by atoms with Crippen LogP contribution in [-0.2, 0) is 19.1 Å². The lowest BCUT2D eigenvalue weighted by molar-refractivity contribution is -0.174. The van der Waals surface area contributed by atoms with Crippen LogP contribution in [0.4, 0.5) is 13.2 Å². The molecule has 19 heavy (non-hydrogen) atoms. The zero-order valence-electron chi connectivity index (χ0n) is 10.7. The molecule has 0 aliphatic carbocycles. The maximum absolute atomic E-state index is 11.7. The predicted molar refractivity (Wildman–Crippen MR) is 60.4 cm³/mol. The van der Waals surface area contributed by atoms with Crippen molar-refractivity contribution >= 4 is 11.9 Å². The first kappa shape index (κ1) is 17.7. The van der Waals surface area contributed by atoms with E-state index in [0.717, 1.165) is 0 Å². The fourth-order valence-corrected chi connectivity index (χ4v) is 1.13. The van der Waals surface area contributed by atoms with Gasteiger partial charge in [0.15, 0.2) is 0 Å². The molecular weight excluding hydrogens is 267 g/mol. The lowest BCUT2D eigenvalue weighted by Crippen LogP contribution is -2.27. The Bertz CT molecular complexity index is 282. The van der Waals surface area contributed by atoms with E-state index in [0.29, 0.717) is 13.0 Å². The van der Waals surface area contributed by atoms with Crippen molar-refractivity contribution < 1.29 is 32.2 Å². The fraction of sp³-hybridized carbons (Fsp3) is 0.818. The Hall–Kier alpha value is -1.31. The number of hydrogen-bond acceptors (Lipinski definition) is 4. The van der Waals surface area contributed by atoms with Crippen molar-refractivity contribution in [3.63, 3.8) is 0 Å². The molecule has 0 bridgehead atoms.